The second-order valence-corrected chi connectivity index (χ2v) is 18.6. The van der Waals surface area contributed by atoms with Gasteiger partial charge in [-0.2, -0.15) is 0 Å². The van der Waals surface area contributed by atoms with Crippen LogP contribution in [0, 0.1) is 23.1 Å². The number of piperazine rings is 1. The molecule has 1 aromatic carbocycles. The smallest absolute Gasteiger partial charge is 0.324 e. The van der Waals surface area contributed by atoms with Crippen molar-refractivity contribution < 1.29 is 28.2 Å². The zero-order valence-corrected chi connectivity index (χ0v) is 36.1. The first-order valence-corrected chi connectivity index (χ1v) is 21.9. The van der Waals surface area contributed by atoms with Gasteiger partial charge in [0.2, 0.25) is 5.91 Å². The summed E-state index contributed by atoms with van der Waals surface area (Å²) in [7, 11) is 3.82. The molecule has 2 amide bonds. The number of anilines is 1. The second-order valence-electron chi connectivity index (χ2n) is 17.7. The molecule has 1 saturated carbocycles. The summed E-state index contributed by atoms with van der Waals surface area (Å²) in [5, 5.41) is 7.73. The third-order valence-electron chi connectivity index (χ3n) is 12.6. The number of hydrazine groups is 1. The van der Waals surface area contributed by atoms with Crippen LogP contribution in [0.25, 0.3) is 33.4 Å². The number of aryl methyl sites for hydroxylation is 1. The van der Waals surface area contributed by atoms with Crippen LogP contribution in [0.2, 0.25) is 0 Å². The molecule has 0 spiro atoms. The summed E-state index contributed by atoms with van der Waals surface area (Å²) in [4.78, 5) is 55.8. The highest BCUT2D eigenvalue weighted by Crippen LogP contribution is 2.44. The molecule has 13 nitrogen and oxygen atoms in total. The van der Waals surface area contributed by atoms with Crippen LogP contribution in [0.3, 0.4) is 0 Å². The summed E-state index contributed by atoms with van der Waals surface area (Å²) in [5.74, 6) is -1.25. The lowest BCUT2D eigenvalue weighted by atomic mass is 9.84. The Kier molecular flexibility index (Phi) is 11.6. The topological polar surface area (TPSA) is 134 Å². The number of thiazole rings is 1. The number of halogens is 1. The normalized spacial score (nSPS) is 24.5. The standard InChI is InChI=1S/C44H57FN8O5S/c1-8-52-37-19-33(45)30-18-29(37)32(40(52)31-17-27(22-46-39(31)26(3)57-7)51-14-12-50(6)13-15-51)21-44(4,5)24-58-43(56)34-10-9-11-53(49-34)42(55)35(20-38-47-36(30)23-59-38)48-41(54)28-16-25(28)2/h17-19,22-23,25-26,28,34-35,49H,8-16,20-21,24H2,1-7H3,(H,48,54)/t25-,26+,28-,34+,35+/m1/s1. The van der Waals surface area contributed by atoms with Crippen molar-refractivity contribution in [3.63, 3.8) is 0 Å². The molecule has 0 unspecified atom stereocenters. The number of fused-ring (bicyclic) bond motifs is 6. The number of carbonyl (C=O) groups excluding carboxylic acids is 3. The van der Waals surface area contributed by atoms with Gasteiger partial charge in [-0.25, -0.2) is 14.8 Å². The van der Waals surface area contributed by atoms with Gasteiger partial charge in [-0.1, -0.05) is 20.8 Å². The van der Waals surface area contributed by atoms with Gasteiger partial charge in [0.15, 0.2) is 0 Å². The average Bonchev–Trinajstić information content (AvgIpc) is 3.67. The van der Waals surface area contributed by atoms with E-state index in [4.69, 9.17) is 19.4 Å². The predicted molar refractivity (Wildman–Crippen MR) is 226 cm³/mol. The van der Waals surface area contributed by atoms with Crippen molar-refractivity contribution in [1.29, 1.82) is 0 Å². The largest absolute Gasteiger partial charge is 0.464 e. The van der Waals surface area contributed by atoms with E-state index in [1.165, 1.54) is 16.3 Å². The number of cyclic esters (lactones) is 1. The molecular weight excluding hydrogens is 772 g/mol. The van der Waals surface area contributed by atoms with Gasteiger partial charge in [0.25, 0.3) is 5.91 Å². The Morgan fingerprint density at radius 1 is 1.15 bits per heavy atom. The van der Waals surface area contributed by atoms with Gasteiger partial charge in [0, 0.05) is 86.0 Å². The number of methoxy groups -OCH3 is 1. The molecule has 59 heavy (non-hydrogen) atoms. The molecule has 0 radical (unpaired) electrons. The van der Waals surface area contributed by atoms with Crippen molar-refractivity contribution in [1.82, 2.24) is 35.2 Å². The zero-order chi connectivity index (χ0) is 41.7. The minimum absolute atomic E-state index is 0.110. The summed E-state index contributed by atoms with van der Waals surface area (Å²) in [6, 6.07) is 4.07. The maximum absolute atomic E-state index is 16.6. The first-order chi connectivity index (χ1) is 28.2. The lowest BCUT2D eigenvalue weighted by molar-refractivity contribution is -0.155. The molecule has 5 atom stereocenters. The van der Waals surface area contributed by atoms with Gasteiger partial charge in [-0.05, 0) is 76.3 Å². The van der Waals surface area contributed by atoms with Crippen LogP contribution >= 0.6 is 11.3 Å². The maximum Gasteiger partial charge on any atom is 0.324 e. The Bertz CT molecular complexity index is 2250. The van der Waals surface area contributed by atoms with Crippen LogP contribution in [0.15, 0.2) is 29.8 Å². The highest BCUT2D eigenvalue weighted by Gasteiger charge is 2.42. The van der Waals surface area contributed by atoms with Crippen molar-refractivity contribution in [3.8, 4) is 22.5 Å². The van der Waals surface area contributed by atoms with Crippen LogP contribution in [0.1, 0.15) is 76.3 Å². The third kappa shape index (κ3) is 8.35. The number of aromatic nitrogens is 3. The highest BCUT2D eigenvalue weighted by molar-refractivity contribution is 7.10. The van der Waals surface area contributed by atoms with Crippen LogP contribution in [0.4, 0.5) is 10.1 Å². The molecule has 6 heterocycles. The molecule has 2 saturated heterocycles. The van der Waals surface area contributed by atoms with E-state index in [0.717, 1.165) is 71.7 Å². The van der Waals surface area contributed by atoms with E-state index in [9.17, 15) is 14.4 Å². The number of esters is 1. The minimum atomic E-state index is -0.923. The quantitative estimate of drug-likeness (QED) is 0.222. The number of likely N-dealkylation sites (N-methyl/N-ethyl adjacent to an activating group) is 1. The molecule has 2 N–H and O–H groups in total. The van der Waals surface area contributed by atoms with E-state index in [-0.39, 0.29) is 42.8 Å². The number of ether oxygens (including phenoxy) is 2. The molecule has 1 aliphatic carbocycles. The van der Waals surface area contributed by atoms with E-state index in [1.54, 1.807) is 13.2 Å². The van der Waals surface area contributed by atoms with Crippen molar-refractivity contribution in [2.75, 3.05) is 58.4 Å². The lowest BCUT2D eigenvalue weighted by Crippen LogP contribution is -2.60. The Labute approximate surface area is 349 Å². The predicted octanol–water partition coefficient (Wildman–Crippen LogP) is 5.75. The Balaban J connectivity index is 1.28. The summed E-state index contributed by atoms with van der Waals surface area (Å²) in [6.07, 6.45) is 4.10. The summed E-state index contributed by atoms with van der Waals surface area (Å²) in [6.45, 7) is 14.9. The number of carbonyl (C=O) groups is 3. The fourth-order valence-corrected chi connectivity index (χ4v) is 9.69. The van der Waals surface area contributed by atoms with Crippen molar-refractivity contribution >= 4 is 45.7 Å². The van der Waals surface area contributed by atoms with Crippen LogP contribution < -0.4 is 15.6 Å². The Morgan fingerprint density at radius 3 is 2.63 bits per heavy atom. The van der Waals surface area contributed by atoms with Crippen LogP contribution in [-0.4, -0.2) is 108 Å². The van der Waals surface area contributed by atoms with E-state index in [2.05, 4.69) is 59.0 Å². The molecule has 4 aliphatic rings. The van der Waals surface area contributed by atoms with Crippen molar-refractivity contribution in [2.45, 2.75) is 91.5 Å². The summed E-state index contributed by atoms with van der Waals surface area (Å²) < 4.78 is 30.8. The fourth-order valence-electron chi connectivity index (χ4n) is 8.85. The van der Waals surface area contributed by atoms with E-state index < -0.39 is 29.3 Å². The van der Waals surface area contributed by atoms with Gasteiger partial charge in [-0.3, -0.25) is 24.4 Å². The maximum atomic E-state index is 16.6. The molecule has 316 valence electrons. The van der Waals surface area contributed by atoms with Crippen molar-refractivity contribution in [3.05, 3.63) is 51.9 Å². The van der Waals surface area contributed by atoms with Gasteiger partial charge >= 0.3 is 5.97 Å². The highest BCUT2D eigenvalue weighted by atomic mass is 32.1. The van der Waals surface area contributed by atoms with E-state index >= 15 is 4.39 Å². The monoisotopic (exact) mass is 828 g/mol. The first kappa shape index (κ1) is 41.3. The average molecular weight is 829 g/mol. The van der Waals surface area contributed by atoms with Crippen LogP contribution in [-0.2, 0) is 43.2 Å². The molecule has 15 heteroatoms. The number of hydrogen-bond donors (Lipinski definition) is 2. The zero-order valence-electron chi connectivity index (χ0n) is 35.3. The second kappa shape index (κ2) is 16.5. The number of benzene rings is 1. The minimum Gasteiger partial charge on any atom is -0.464 e. The number of nitrogens with zero attached hydrogens (tertiary/aromatic N) is 6. The molecule has 3 aliphatic heterocycles. The van der Waals surface area contributed by atoms with Crippen molar-refractivity contribution in [2.24, 2.45) is 17.3 Å². The number of hydrogen-bond acceptors (Lipinski definition) is 11. The third-order valence-corrected chi connectivity index (χ3v) is 13.5. The van der Waals surface area contributed by atoms with Gasteiger partial charge in [0.1, 0.15) is 17.9 Å². The lowest BCUT2D eigenvalue weighted by Gasteiger charge is -2.35. The number of amides is 2. The molecular formula is C44H57FN8O5S. The van der Waals surface area contributed by atoms with Gasteiger partial charge in [-0.15, -0.1) is 11.3 Å². The Morgan fingerprint density at radius 2 is 1.92 bits per heavy atom. The SMILES string of the molecule is CCn1c(-c2cc(N3CCN(C)CC3)cnc2[C@H](C)OC)c2c3cc(c(F)cc31)-c1csc(n1)C[C@H](NC(=O)[C@@H]1C[C@H]1C)C(=O)N1CCC[C@H](N1)C(=O)OCC(C)(C)C2. The molecule has 3 aromatic heterocycles. The number of pyridine rings is 1. The summed E-state index contributed by atoms with van der Waals surface area (Å²) in [5.41, 5.74) is 8.76. The van der Waals surface area contributed by atoms with Gasteiger partial charge in [0.05, 0.1) is 52.2 Å². The van der Waals surface area contributed by atoms with Crippen LogP contribution in [0.5, 0.6) is 0 Å². The Hall–Kier alpha value is -4.44. The molecule has 8 rings (SSSR count). The van der Waals surface area contributed by atoms with E-state index in [1.807, 2.05) is 31.5 Å². The molecule has 3 fully saturated rings. The number of rotatable bonds is 7. The molecule has 6 bridgehead atoms. The van der Waals surface area contributed by atoms with Gasteiger partial charge < -0.3 is 29.2 Å². The van der Waals surface area contributed by atoms with E-state index in [0.29, 0.717) is 48.6 Å². The number of nitrogens with one attached hydrogen (secondary N) is 2. The summed E-state index contributed by atoms with van der Waals surface area (Å²) >= 11 is 1.34. The first-order valence-electron chi connectivity index (χ1n) is 21.1. The fraction of sp³-hybridized carbons (Fsp3) is 0.568. The molecule has 4 aromatic rings.